The summed E-state index contributed by atoms with van der Waals surface area (Å²) < 4.78 is 17.3. The summed E-state index contributed by atoms with van der Waals surface area (Å²) in [5.41, 5.74) is 0.713. The van der Waals surface area contributed by atoms with E-state index in [1.54, 1.807) is 12.1 Å². The molecule has 1 aliphatic rings. The van der Waals surface area contributed by atoms with Crippen LogP contribution in [0.1, 0.15) is 11.5 Å². The van der Waals surface area contributed by atoms with Crippen molar-refractivity contribution in [1.82, 2.24) is 0 Å². The first kappa shape index (κ1) is 9.15. The Morgan fingerprint density at radius 3 is 2.50 bits per heavy atom. The van der Waals surface area contributed by atoms with Crippen LogP contribution in [-0.4, -0.2) is 23.8 Å². The van der Waals surface area contributed by atoms with Gasteiger partial charge < -0.3 is 9.84 Å². The second-order valence-corrected chi connectivity index (χ2v) is 3.23. The Bertz CT molecular complexity index is 347. The minimum absolute atomic E-state index is 0.158. The largest absolute Gasteiger partial charge is 0.463 e. The number of halogens is 1. The molecule has 2 unspecified atom stereocenters. The van der Waals surface area contributed by atoms with E-state index in [0.29, 0.717) is 5.56 Å². The number of cyclic esters (lactones) is 1. The normalized spacial score (nSPS) is 26.3. The van der Waals surface area contributed by atoms with Crippen molar-refractivity contribution >= 4 is 5.97 Å². The van der Waals surface area contributed by atoms with E-state index in [1.165, 1.54) is 12.1 Å². The Morgan fingerprint density at radius 1 is 1.36 bits per heavy atom. The molecule has 0 saturated carbocycles. The lowest BCUT2D eigenvalue weighted by molar-refractivity contribution is -0.144. The number of ether oxygens (including phenoxy) is 1. The third-order valence-electron chi connectivity index (χ3n) is 2.33. The van der Waals surface area contributed by atoms with Crippen molar-refractivity contribution in [2.24, 2.45) is 0 Å². The number of carbonyl (C=O) groups excluding carboxylic acids is 1. The highest BCUT2D eigenvalue weighted by Crippen LogP contribution is 2.26. The van der Waals surface area contributed by atoms with Gasteiger partial charge in [0.25, 0.3) is 0 Å². The van der Waals surface area contributed by atoms with Gasteiger partial charge in [-0.1, -0.05) is 12.1 Å². The molecule has 1 aromatic carbocycles. The molecule has 1 saturated heterocycles. The van der Waals surface area contributed by atoms with Crippen LogP contribution in [0.5, 0.6) is 0 Å². The van der Waals surface area contributed by atoms with E-state index < -0.39 is 12.1 Å². The molecular weight excluding hydrogens is 187 g/mol. The topological polar surface area (TPSA) is 46.5 Å². The van der Waals surface area contributed by atoms with Gasteiger partial charge in [0.05, 0.1) is 5.92 Å². The van der Waals surface area contributed by atoms with Crippen molar-refractivity contribution in [3.63, 3.8) is 0 Å². The Labute approximate surface area is 80.1 Å². The van der Waals surface area contributed by atoms with Gasteiger partial charge in [0.15, 0.2) is 6.10 Å². The lowest BCUT2D eigenvalue weighted by Crippen LogP contribution is -2.20. The fourth-order valence-corrected chi connectivity index (χ4v) is 1.50. The van der Waals surface area contributed by atoms with E-state index in [-0.39, 0.29) is 18.3 Å². The van der Waals surface area contributed by atoms with E-state index >= 15 is 0 Å². The van der Waals surface area contributed by atoms with Gasteiger partial charge in [-0.3, -0.25) is 0 Å². The van der Waals surface area contributed by atoms with Gasteiger partial charge in [-0.25, -0.2) is 9.18 Å². The maximum atomic E-state index is 12.6. The second-order valence-electron chi connectivity index (χ2n) is 3.23. The lowest BCUT2D eigenvalue weighted by atomic mass is 9.96. The van der Waals surface area contributed by atoms with Crippen molar-refractivity contribution in [1.29, 1.82) is 0 Å². The molecule has 1 aliphatic heterocycles. The van der Waals surface area contributed by atoms with Gasteiger partial charge in [0.2, 0.25) is 0 Å². The highest BCUT2D eigenvalue weighted by molar-refractivity contribution is 5.78. The first-order valence-electron chi connectivity index (χ1n) is 4.28. The molecule has 0 aliphatic carbocycles. The molecule has 0 bridgehead atoms. The molecule has 1 fully saturated rings. The average Bonchev–Trinajstić information content (AvgIpc) is 2.50. The van der Waals surface area contributed by atoms with Crippen LogP contribution in [0.3, 0.4) is 0 Å². The Hall–Kier alpha value is -1.42. The second kappa shape index (κ2) is 3.38. The molecule has 0 aromatic heterocycles. The highest BCUT2D eigenvalue weighted by Gasteiger charge is 2.36. The zero-order chi connectivity index (χ0) is 10.1. The molecule has 2 rings (SSSR count). The van der Waals surface area contributed by atoms with Crippen molar-refractivity contribution in [2.45, 2.75) is 12.0 Å². The van der Waals surface area contributed by atoms with Gasteiger partial charge in [-0.15, -0.1) is 0 Å². The van der Waals surface area contributed by atoms with E-state index in [2.05, 4.69) is 4.74 Å². The van der Waals surface area contributed by atoms with Crippen LogP contribution in [0.4, 0.5) is 4.39 Å². The van der Waals surface area contributed by atoms with Crippen molar-refractivity contribution < 1.29 is 19.0 Å². The van der Waals surface area contributed by atoms with Gasteiger partial charge in [0.1, 0.15) is 12.4 Å². The Kier molecular flexibility index (Phi) is 2.21. The zero-order valence-electron chi connectivity index (χ0n) is 7.31. The van der Waals surface area contributed by atoms with Crippen molar-refractivity contribution in [2.75, 3.05) is 6.61 Å². The fraction of sp³-hybridized carbons (Fsp3) is 0.300. The molecule has 4 heteroatoms. The SMILES string of the molecule is O=C1OCC(c2ccc(F)cc2)C1O. The molecule has 0 amide bonds. The number of hydrogen-bond donors (Lipinski definition) is 1. The molecule has 74 valence electrons. The van der Waals surface area contributed by atoms with E-state index in [9.17, 15) is 14.3 Å². The van der Waals surface area contributed by atoms with Gasteiger partial charge in [-0.2, -0.15) is 0 Å². The average molecular weight is 196 g/mol. The van der Waals surface area contributed by atoms with E-state index in [4.69, 9.17) is 0 Å². The van der Waals surface area contributed by atoms with Crippen LogP contribution in [-0.2, 0) is 9.53 Å². The van der Waals surface area contributed by atoms with Gasteiger partial charge in [0, 0.05) is 0 Å². The van der Waals surface area contributed by atoms with Crippen molar-refractivity contribution in [3.05, 3.63) is 35.6 Å². The number of esters is 1. The molecule has 0 radical (unpaired) electrons. The molecule has 1 heterocycles. The third kappa shape index (κ3) is 1.48. The van der Waals surface area contributed by atoms with E-state index in [1.807, 2.05) is 0 Å². The monoisotopic (exact) mass is 196 g/mol. The Morgan fingerprint density at radius 2 is 2.00 bits per heavy atom. The maximum absolute atomic E-state index is 12.6. The zero-order valence-corrected chi connectivity index (χ0v) is 7.31. The van der Waals surface area contributed by atoms with Gasteiger partial charge in [-0.05, 0) is 17.7 Å². The summed E-state index contributed by atoms with van der Waals surface area (Å²) in [6.07, 6.45) is -1.12. The molecule has 2 atom stereocenters. The summed E-state index contributed by atoms with van der Waals surface area (Å²) in [5, 5.41) is 9.41. The molecule has 1 aromatic rings. The minimum Gasteiger partial charge on any atom is -0.463 e. The van der Waals surface area contributed by atoms with Crippen LogP contribution in [0, 0.1) is 5.82 Å². The predicted molar refractivity (Wildman–Crippen MR) is 46.1 cm³/mol. The summed E-state index contributed by atoms with van der Waals surface area (Å²) in [6.45, 7) is 0.158. The van der Waals surface area contributed by atoms with Crippen molar-refractivity contribution in [3.8, 4) is 0 Å². The molecule has 3 nitrogen and oxygen atoms in total. The highest BCUT2D eigenvalue weighted by atomic mass is 19.1. The number of hydrogen-bond acceptors (Lipinski definition) is 3. The smallest absolute Gasteiger partial charge is 0.335 e. The Balaban J connectivity index is 2.23. The van der Waals surface area contributed by atoms with Crippen LogP contribution in [0.15, 0.2) is 24.3 Å². The van der Waals surface area contributed by atoms with Crippen LogP contribution < -0.4 is 0 Å². The number of benzene rings is 1. The van der Waals surface area contributed by atoms with Crippen LogP contribution in [0.25, 0.3) is 0 Å². The van der Waals surface area contributed by atoms with Gasteiger partial charge >= 0.3 is 5.97 Å². The number of aliphatic hydroxyl groups excluding tert-OH is 1. The maximum Gasteiger partial charge on any atom is 0.335 e. The number of rotatable bonds is 1. The first-order valence-corrected chi connectivity index (χ1v) is 4.28. The first-order chi connectivity index (χ1) is 6.68. The summed E-state index contributed by atoms with van der Waals surface area (Å²) in [6, 6.07) is 5.69. The van der Waals surface area contributed by atoms with Crippen LogP contribution >= 0.6 is 0 Å². The van der Waals surface area contributed by atoms with Crippen LogP contribution in [0.2, 0.25) is 0 Å². The summed E-state index contributed by atoms with van der Waals surface area (Å²) in [5.74, 6) is -1.32. The number of carbonyl (C=O) groups is 1. The number of aliphatic hydroxyl groups is 1. The predicted octanol–water partition coefficient (Wildman–Crippen LogP) is 0.827. The summed E-state index contributed by atoms with van der Waals surface area (Å²) >= 11 is 0. The fourth-order valence-electron chi connectivity index (χ4n) is 1.50. The minimum atomic E-state index is -1.12. The molecule has 1 N–H and O–H groups in total. The molecule has 0 spiro atoms. The summed E-state index contributed by atoms with van der Waals surface area (Å²) in [4.78, 5) is 10.9. The summed E-state index contributed by atoms with van der Waals surface area (Å²) in [7, 11) is 0. The standard InChI is InChI=1S/C10H9FO3/c11-7-3-1-6(2-4-7)8-5-14-10(13)9(8)12/h1-4,8-9,12H,5H2. The third-order valence-corrected chi connectivity index (χ3v) is 2.33. The molecule has 14 heavy (non-hydrogen) atoms. The lowest BCUT2D eigenvalue weighted by Gasteiger charge is -2.09. The van der Waals surface area contributed by atoms with E-state index in [0.717, 1.165) is 0 Å². The quantitative estimate of drug-likeness (QED) is 0.676. The molecular formula is C10H9FO3.